The molecule has 0 saturated heterocycles. The lowest BCUT2D eigenvalue weighted by Crippen LogP contribution is -2.18. The molecule has 0 radical (unpaired) electrons. The normalized spacial score (nSPS) is 14.9. The molecule has 78 heavy (non-hydrogen) atoms. The van der Waals surface area contributed by atoms with E-state index >= 15 is 0 Å². The number of benzene rings is 12. The fourth-order valence-electron chi connectivity index (χ4n) is 12.7. The Hall–Kier alpha value is -10.1. The van der Waals surface area contributed by atoms with Crippen LogP contribution in [-0.2, 0) is 0 Å². The third-order valence-corrected chi connectivity index (χ3v) is 16.3. The molecular weight excluding hydrogens is 949 g/mol. The van der Waals surface area contributed by atoms with E-state index < -0.39 is 0 Å². The van der Waals surface area contributed by atoms with Gasteiger partial charge >= 0.3 is 0 Å². The minimum absolute atomic E-state index is 0.0186. The molecule has 1 aliphatic heterocycles. The van der Waals surface area contributed by atoms with E-state index in [1.165, 1.54) is 43.1 Å². The molecule has 4 heterocycles. The standard InChI is InChI=1S/C73H48N4O/c1-45-34-39-62(74-73(52-25-16-24-49(42-52)46-18-4-2-5-19-46)75-69(45)60-32-17-31-57-56-30-14-15-33-63(56)76(70(57)60)53-26-6-3-7-27-53)58-38-41-66-68(59-37-35-48-21-11-13-29-55(48)72(59)78-66)71(58)77-64-40-36-47-20-10-12-28-54(47)67(64)61-43-50-22-8-9-23-51(50)44-65(61)77/h2-33,35-45H,34H2,1H3/b62-39+,74-73?,75-69?. The first-order chi connectivity index (χ1) is 38.6. The van der Waals surface area contributed by atoms with Crippen molar-refractivity contribution in [2.45, 2.75) is 13.3 Å². The van der Waals surface area contributed by atoms with Crippen LogP contribution in [0.5, 0.6) is 0 Å². The Bertz CT molecular complexity index is 5070. The molecule has 5 heteroatoms. The summed E-state index contributed by atoms with van der Waals surface area (Å²) in [4.78, 5) is 11.8. The molecule has 0 amide bonds. The van der Waals surface area contributed by atoms with E-state index in [9.17, 15) is 0 Å². The molecule has 0 bridgehead atoms. The van der Waals surface area contributed by atoms with Crippen LogP contribution in [0.1, 0.15) is 30.0 Å². The summed E-state index contributed by atoms with van der Waals surface area (Å²) in [5.74, 6) is 0.628. The van der Waals surface area contributed by atoms with Crippen LogP contribution in [0.3, 0.4) is 0 Å². The van der Waals surface area contributed by atoms with Gasteiger partial charge < -0.3 is 13.6 Å². The number of nitrogens with zero attached hydrogens (tertiary/aromatic N) is 4. The number of furan rings is 1. The molecule has 1 unspecified atom stereocenters. The highest BCUT2D eigenvalue weighted by atomic mass is 16.3. The number of allylic oxidation sites excluding steroid dienone is 1. The second kappa shape index (κ2) is 17.5. The smallest absolute Gasteiger partial charge is 0.160 e. The molecule has 0 fully saturated rings. The molecule has 1 atom stereocenters. The predicted octanol–water partition coefficient (Wildman–Crippen LogP) is 19.2. The highest BCUT2D eigenvalue weighted by Crippen LogP contribution is 2.47. The Morgan fingerprint density at radius 1 is 0.410 bits per heavy atom. The van der Waals surface area contributed by atoms with E-state index in [1.807, 2.05) is 0 Å². The summed E-state index contributed by atoms with van der Waals surface area (Å²) >= 11 is 0. The first-order valence-corrected chi connectivity index (χ1v) is 26.9. The van der Waals surface area contributed by atoms with Gasteiger partial charge in [-0.15, -0.1) is 0 Å². The van der Waals surface area contributed by atoms with Gasteiger partial charge in [-0.05, 0) is 105 Å². The molecule has 0 aliphatic carbocycles. The zero-order chi connectivity index (χ0) is 51.4. The number of aliphatic imine (C=N–C) groups is 2. The Morgan fingerprint density at radius 2 is 1.06 bits per heavy atom. The van der Waals surface area contributed by atoms with E-state index in [0.29, 0.717) is 12.3 Å². The lowest BCUT2D eigenvalue weighted by atomic mass is 9.91. The van der Waals surface area contributed by atoms with Crippen molar-refractivity contribution in [2.75, 3.05) is 0 Å². The largest absolute Gasteiger partial charge is 0.455 e. The minimum atomic E-state index is -0.0186. The van der Waals surface area contributed by atoms with Gasteiger partial charge in [-0.25, -0.2) is 9.98 Å². The molecule has 0 N–H and O–H groups in total. The van der Waals surface area contributed by atoms with Crippen molar-refractivity contribution in [2.24, 2.45) is 15.9 Å². The SMILES string of the molecule is CC1C/C=C(\c2ccc3oc4c5ccccc5ccc4c3c2-n2c3cc4ccccc4cc3c3c4ccccc4ccc32)N=C(c2cccc(-c3ccccc3)c2)N=C1c1cccc2c3ccccc3n(-c3ccccc3)c12. The maximum atomic E-state index is 7.09. The van der Waals surface area contributed by atoms with Crippen molar-refractivity contribution in [3.05, 3.63) is 271 Å². The predicted molar refractivity (Wildman–Crippen MR) is 328 cm³/mol. The lowest BCUT2D eigenvalue weighted by molar-refractivity contribution is 0.672. The molecule has 3 aromatic heterocycles. The molecule has 0 spiro atoms. The zero-order valence-corrected chi connectivity index (χ0v) is 42.7. The van der Waals surface area contributed by atoms with Crippen molar-refractivity contribution in [3.63, 3.8) is 0 Å². The third kappa shape index (κ3) is 6.81. The van der Waals surface area contributed by atoms with Crippen LogP contribution in [-0.4, -0.2) is 20.7 Å². The van der Waals surface area contributed by atoms with Gasteiger partial charge in [0.1, 0.15) is 11.2 Å². The number of hydrogen-bond acceptors (Lipinski definition) is 3. The van der Waals surface area contributed by atoms with Gasteiger partial charge in [0.15, 0.2) is 5.84 Å². The number of hydrogen-bond donors (Lipinski definition) is 0. The van der Waals surface area contributed by atoms with E-state index in [0.717, 1.165) is 105 Å². The van der Waals surface area contributed by atoms with Gasteiger partial charge in [0.25, 0.3) is 0 Å². The van der Waals surface area contributed by atoms with Gasteiger partial charge in [0, 0.05) is 60.6 Å². The van der Waals surface area contributed by atoms with E-state index in [4.69, 9.17) is 14.4 Å². The van der Waals surface area contributed by atoms with Gasteiger partial charge in [0.05, 0.1) is 44.5 Å². The number of aromatic nitrogens is 2. The molecule has 15 aromatic rings. The number of rotatable bonds is 6. The van der Waals surface area contributed by atoms with Crippen molar-refractivity contribution >= 4 is 115 Å². The number of fused-ring (bicyclic) bond motifs is 14. The van der Waals surface area contributed by atoms with Crippen molar-refractivity contribution in [3.8, 4) is 22.5 Å². The maximum absolute atomic E-state index is 7.09. The molecular formula is C73H48N4O. The maximum Gasteiger partial charge on any atom is 0.160 e. The molecule has 16 rings (SSSR count). The summed E-state index contributed by atoms with van der Waals surface area (Å²) in [5.41, 5.74) is 15.4. The van der Waals surface area contributed by atoms with Gasteiger partial charge in [-0.1, -0.05) is 201 Å². The van der Waals surface area contributed by atoms with Crippen molar-refractivity contribution in [1.29, 1.82) is 0 Å². The fraction of sp³-hybridized carbons (Fsp3) is 0.0411. The first kappa shape index (κ1) is 44.2. The summed E-state index contributed by atoms with van der Waals surface area (Å²) in [5, 5.41) is 13.9. The van der Waals surface area contributed by atoms with E-state index in [1.54, 1.807) is 0 Å². The van der Waals surface area contributed by atoms with Gasteiger partial charge in [-0.2, -0.15) is 0 Å². The van der Waals surface area contributed by atoms with Crippen LogP contribution < -0.4 is 0 Å². The molecule has 366 valence electrons. The highest BCUT2D eigenvalue weighted by molar-refractivity contribution is 6.27. The summed E-state index contributed by atoms with van der Waals surface area (Å²) in [7, 11) is 0. The first-order valence-electron chi connectivity index (χ1n) is 26.9. The van der Waals surface area contributed by atoms with Gasteiger partial charge in [-0.3, -0.25) is 0 Å². The Labute approximate surface area is 449 Å². The second-order valence-corrected chi connectivity index (χ2v) is 20.8. The molecule has 0 saturated carbocycles. The fourth-order valence-corrected chi connectivity index (χ4v) is 12.7. The molecule has 5 nitrogen and oxygen atoms in total. The minimum Gasteiger partial charge on any atom is -0.455 e. The lowest BCUT2D eigenvalue weighted by Gasteiger charge is -2.22. The Balaban J connectivity index is 1.02. The van der Waals surface area contributed by atoms with Crippen LogP contribution in [0.15, 0.2) is 269 Å². The number of amidine groups is 1. The van der Waals surface area contributed by atoms with E-state index in [-0.39, 0.29) is 5.92 Å². The van der Waals surface area contributed by atoms with Gasteiger partial charge in [0.2, 0.25) is 0 Å². The van der Waals surface area contributed by atoms with Crippen LogP contribution >= 0.6 is 0 Å². The van der Waals surface area contributed by atoms with Crippen LogP contribution in [0.4, 0.5) is 0 Å². The second-order valence-electron chi connectivity index (χ2n) is 20.8. The van der Waals surface area contributed by atoms with Crippen LogP contribution in [0.25, 0.3) is 126 Å². The summed E-state index contributed by atoms with van der Waals surface area (Å²) in [6.07, 6.45) is 3.06. The average Bonchev–Trinajstić information content (AvgIpc) is 4.25. The van der Waals surface area contributed by atoms with Crippen molar-refractivity contribution in [1.82, 2.24) is 9.13 Å². The highest BCUT2D eigenvalue weighted by Gasteiger charge is 2.28. The quantitative estimate of drug-likeness (QED) is 0.164. The monoisotopic (exact) mass is 996 g/mol. The van der Waals surface area contributed by atoms with Crippen LogP contribution in [0.2, 0.25) is 0 Å². The topological polar surface area (TPSA) is 47.7 Å². The summed E-state index contributed by atoms with van der Waals surface area (Å²) in [6, 6.07) is 89.8. The van der Waals surface area contributed by atoms with Crippen LogP contribution in [0, 0.1) is 5.92 Å². The number of para-hydroxylation sites is 3. The Kier molecular flexibility index (Phi) is 9.91. The summed E-state index contributed by atoms with van der Waals surface area (Å²) < 4.78 is 12.0. The van der Waals surface area contributed by atoms with E-state index in [2.05, 4.69) is 271 Å². The summed E-state index contributed by atoms with van der Waals surface area (Å²) in [6.45, 7) is 2.33. The molecule has 12 aromatic carbocycles. The Morgan fingerprint density at radius 3 is 1.90 bits per heavy atom. The molecule has 1 aliphatic rings. The average molecular weight is 997 g/mol. The van der Waals surface area contributed by atoms with Crippen molar-refractivity contribution < 1.29 is 4.42 Å². The zero-order valence-electron chi connectivity index (χ0n) is 42.7. The third-order valence-electron chi connectivity index (χ3n) is 16.3.